The summed E-state index contributed by atoms with van der Waals surface area (Å²) in [6, 6.07) is 7.80. The van der Waals surface area contributed by atoms with E-state index in [-0.39, 0.29) is 60.5 Å². The number of benzene rings is 2. The Kier molecular flexibility index (Phi) is 16.7. The molecule has 0 spiro atoms. The molecule has 2 aromatic carbocycles. The van der Waals surface area contributed by atoms with Gasteiger partial charge in [-0.15, -0.1) is 0 Å². The van der Waals surface area contributed by atoms with E-state index >= 15 is 0 Å². The third-order valence-electron chi connectivity index (χ3n) is 9.83. The molecule has 1 aliphatic rings. The monoisotopic (exact) mass is 801 g/mol. The third kappa shape index (κ3) is 12.5. The van der Waals surface area contributed by atoms with Gasteiger partial charge in [0.05, 0.1) is 24.0 Å². The van der Waals surface area contributed by atoms with Crippen LogP contribution in [0.5, 0.6) is 0 Å². The van der Waals surface area contributed by atoms with Crippen LogP contribution in [0.4, 0.5) is 22.4 Å². The van der Waals surface area contributed by atoms with E-state index in [2.05, 4.69) is 63.9 Å². The molecule has 0 saturated heterocycles. The fourth-order valence-corrected chi connectivity index (χ4v) is 6.10. The number of aromatic amines is 1. The predicted octanol–water partition coefficient (Wildman–Crippen LogP) is 6.45. The topological polar surface area (TPSA) is 166 Å². The van der Waals surface area contributed by atoms with Gasteiger partial charge in [0.2, 0.25) is 23.6 Å². The molecule has 12 nitrogen and oxygen atoms in total. The molecule has 6 N–H and O–H groups in total. The second-order valence-electron chi connectivity index (χ2n) is 14.4. The molecule has 1 heterocycles. The maximum atomic E-state index is 14.3. The van der Waals surface area contributed by atoms with Gasteiger partial charge in [-0.1, -0.05) is 77.8 Å². The molecule has 0 bridgehead atoms. The molecule has 0 saturated carbocycles. The summed E-state index contributed by atoms with van der Waals surface area (Å²) in [4.78, 5) is 60.2. The van der Waals surface area contributed by atoms with Crippen LogP contribution in [0.3, 0.4) is 0 Å². The number of urea groups is 1. The minimum atomic E-state index is -4.65. The van der Waals surface area contributed by atoms with Gasteiger partial charge in [0.15, 0.2) is 5.88 Å². The molecule has 16 heteroatoms. The summed E-state index contributed by atoms with van der Waals surface area (Å²) in [5.74, 6) is -2.36. The van der Waals surface area contributed by atoms with Crippen molar-refractivity contribution < 1.29 is 41.5 Å². The van der Waals surface area contributed by atoms with Crippen molar-refractivity contribution >= 4 is 40.6 Å². The number of hydrogen-bond acceptors (Lipinski definition) is 6. The molecule has 3 aromatic rings. The van der Waals surface area contributed by atoms with E-state index in [4.69, 9.17) is 4.74 Å². The summed E-state index contributed by atoms with van der Waals surface area (Å²) in [6.07, 6.45) is -3.34. The molecule has 1 aliphatic carbocycles. The highest BCUT2D eigenvalue weighted by molar-refractivity contribution is 5.98. The van der Waals surface area contributed by atoms with Crippen molar-refractivity contribution in [3.05, 3.63) is 83.1 Å². The number of carbonyl (C=O) groups excluding carboxylic acids is 4. The van der Waals surface area contributed by atoms with E-state index in [9.17, 15) is 36.7 Å². The predicted molar refractivity (Wildman–Crippen MR) is 212 cm³/mol. The van der Waals surface area contributed by atoms with Gasteiger partial charge in [-0.3, -0.25) is 24.7 Å². The van der Waals surface area contributed by atoms with Crippen molar-refractivity contribution in [3.8, 4) is 0 Å². The Morgan fingerprint density at radius 2 is 1.68 bits per heavy atom. The minimum Gasteiger partial charge on any atom is -0.426 e. The van der Waals surface area contributed by atoms with Gasteiger partial charge < -0.3 is 31.0 Å². The zero-order valence-corrected chi connectivity index (χ0v) is 33.6. The second kappa shape index (κ2) is 20.7. The van der Waals surface area contributed by atoms with Crippen LogP contribution in [0.25, 0.3) is 10.9 Å². The van der Waals surface area contributed by atoms with Crippen LogP contribution in [-0.2, 0) is 44.6 Å². The van der Waals surface area contributed by atoms with Crippen LogP contribution in [0, 0.1) is 17.7 Å². The van der Waals surface area contributed by atoms with Gasteiger partial charge in [0.1, 0.15) is 17.4 Å². The van der Waals surface area contributed by atoms with Gasteiger partial charge >= 0.3 is 12.2 Å². The van der Waals surface area contributed by atoms with E-state index in [0.29, 0.717) is 24.2 Å². The SMILES string of the molecule is C=C(NC(=O)NCC)OC(CNC(=O)[C@]1(NC(=O)C(NC(=O)Cc2ccccc2F)C(C)CC)CCc2[nH]c3c(C(F)(F)F)cccc3c2C1)=NC.CCC(C)C. The fourth-order valence-electron chi connectivity index (χ4n) is 6.10. The number of rotatable bonds is 14. The van der Waals surface area contributed by atoms with Crippen molar-refractivity contribution in [2.75, 3.05) is 20.1 Å². The first-order chi connectivity index (χ1) is 26.9. The lowest BCUT2D eigenvalue weighted by molar-refractivity contribution is -0.137. The number of H-pyrrole nitrogens is 1. The number of hydrogen-bond donors (Lipinski definition) is 6. The summed E-state index contributed by atoms with van der Waals surface area (Å²) in [5, 5.41) is 13.4. The number of aliphatic imine (C=N–C) groups is 1. The molecular weight excluding hydrogens is 746 g/mol. The van der Waals surface area contributed by atoms with Crippen LogP contribution in [0.1, 0.15) is 83.2 Å². The zero-order valence-electron chi connectivity index (χ0n) is 33.6. The molecular formula is C41H55F4N7O5. The fraction of sp³-hybridized carbons (Fsp3) is 0.488. The maximum absolute atomic E-state index is 14.3. The average molecular weight is 802 g/mol. The van der Waals surface area contributed by atoms with E-state index in [1.165, 1.54) is 43.8 Å². The van der Waals surface area contributed by atoms with Crippen molar-refractivity contribution in [2.45, 2.75) is 97.8 Å². The van der Waals surface area contributed by atoms with Crippen molar-refractivity contribution in [1.29, 1.82) is 0 Å². The van der Waals surface area contributed by atoms with E-state index in [1.807, 2.05) is 6.92 Å². The molecule has 0 aliphatic heterocycles. The highest BCUT2D eigenvalue weighted by atomic mass is 19.4. The van der Waals surface area contributed by atoms with Gasteiger partial charge in [0.25, 0.3) is 0 Å². The first-order valence-corrected chi connectivity index (χ1v) is 19.1. The Hall–Kier alpha value is -5.41. The van der Waals surface area contributed by atoms with Crippen LogP contribution >= 0.6 is 0 Å². The average Bonchev–Trinajstić information content (AvgIpc) is 3.53. The highest BCUT2D eigenvalue weighted by Gasteiger charge is 2.46. The van der Waals surface area contributed by atoms with E-state index in [1.54, 1.807) is 19.9 Å². The summed E-state index contributed by atoms with van der Waals surface area (Å²) in [6.45, 7) is 15.6. The molecule has 1 aromatic heterocycles. The van der Waals surface area contributed by atoms with Gasteiger partial charge in [-0.2, -0.15) is 13.2 Å². The standard InChI is InChI=1S/C36H43F4N7O5.C5H12/c1-6-20(3)30(46-28(48)17-22-11-8-9-14-26(22)37)32(49)47-35(33(50)43-19-29(41-5)52-21(4)44-34(51)42-7-2)16-15-27-24(18-35)23-12-10-13-25(31(23)45-27)36(38,39)40;1-4-5(2)3/h8-14,20,30,45H,4,6-7,15-19H2,1-3,5H3,(H,43,50)(H,46,48)(H,47,49)(H2,42,44,51);5H,4H2,1-3H3/t20?,30?,35-;/m0./s1. The molecule has 5 amide bonds. The molecule has 2 unspecified atom stereocenters. The molecule has 57 heavy (non-hydrogen) atoms. The minimum absolute atomic E-state index is 0.0208. The lowest BCUT2D eigenvalue weighted by Crippen LogP contribution is -2.65. The number of nitrogens with zero attached hydrogens (tertiary/aromatic N) is 1. The van der Waals surface area contributed by atoms with Crippen molar-refractivity contribution in [3.63, 3.8) is 0 Å². The molecule has 0 radical (unpaired) electrons. The number of halogens is 4. The third-order valence-corrected chi connectivity index (χ3v) is 9.83. The molecule has 312 valence electrons. The Morgan fingerprint density at radius 1 is 1.00 bits per heavy atom. The van der Waals surface area contributed by atoms with E-state index < -0.39 is 58.8 Å². The van der Waals surface area contributed by atoms with Gasteiger partial charge in [-0.05, 0) is 61.4 Å². The first kappa shape index (κ1) is 46.0. The van der Waals surface area contributed by atoms with Crippen LogP contribution in [-0.4, -0.2) is 66.4 Å². The highest BCUT2D eigenvalue weighted by Crippen LogP contribution is 2.40. The van der Waals surface area contributed by atoms with E-state index in [0.717, 1.165) is 12.0 Å². The number of aryl methyl sites for hydroxylation is 1. The molecule has 4 rings (SSSR count). The number of carbonyl (C=O) groups is 4. The lowest BCUT2D eigenvalue weighted by Gasteiger charge is -2.38. The van der Waals surface area contributed by atoms with Gasteiger partial charge in [-0.25, -0.2) is 9.18 Å². The van der Waals surface area contributed by atoms with Crippen LogP contribution in [0.15, 0.2) is 59.9 Å². The second-order valence-corrected chi connectivity index (χ2v) is 14.4. The Morgan fingerprint density at radius 3 is 2.28 bits per heavy atom. The zero-order chi connectivity index (χ0) is 42.5. The van der Waals surface area contributed by atoms with Crippen LogP contribution in [0.2, 0.25) is 0 Å². The van der Waals surface area contributed by atoms with Gasteiger partial charge in [0, 0.05) is 31.1 Å². The Balaban J connectivity index is 0.00000163. The number of amides is 5. The summed E-state index contributed by atoms with van der Waals surface area (Å²) in [7, 11) is 1.39. The normalized spacial score (nSPS) is 16.3. The number of alkyl halides is 3. The molecule has 3 atom stereocenters. The number of ether oxygens (including phenoxy) is 1. The summed E-state index contributed by atoms with van der Waals surface area (Å²) in [5.41, 5.74) is -1.65. The quantitative estimate of drug-likeness (QED) is 0.0477. The maximum Gasteiger partial charge on any atom is 0.418 e. The van der Waals surface area contributed by atoms with Crippen molar-refractivity contribution in [2.24, 2.45) is 16.8 Å². The van der Waals surface area contributed by atoms with Crippen LogP contribution < -0.4 is 26.6 Å². The number of nitrogens with one attached hydrogen (secondary N) is 6. The Labute approximate surface area is 331 Å². The first-order valence-electron chi connectivity index (χ1n) is 19.1. The summed E-state index contributed by atoms with van der Waals surface area (Å²) >= 11 is 0. The lowest BCUT2D eigenvalue weighted by atomic mass is 9.78. The largest absolute Gasteiger partial charge is 0.426 e. The number of fused-ring (bicyclic) bond motifs is 3. The number of para-hydroxylation sites is 1. The number of aromatic nitrogens is 1. The Bertz CT molecular complexity index is 1930. The molecule has 0 fully saturated rings. The smallest absolute Gasteiger partial charge is 0.418 e. The van der Waals surface area contributed by atoms with Crippen molar-refractivity contribution in [1.82, 2.24) is 31.6 Å². The summed E-state index contributed by atoms with van der Waals surface area (Å²) < 4.78 is 61.7.